The van der Waals surface area contributed by atoms with Crippen molar-refractivity contribution in [3.63, 3.8) is 0 Å². The summed E-state index contributed by atoms with van der Waals surface area (Å²) in [6.07, 6.45) is 7.46. The van der Waals surface area contributed by atoms with Crippen molar-refractivity contribution < 1.29 is 0 Å². The highest BCUT2D eigenvalue weighted by Crippen LogP contribution is 2.01. The lowest BCUT2D eigenvalue weighted by atomic mass is 10.2. The summed E-state index contributed by atoms with van der Waals surface area (Å²) in [6, 6.07) is 0. The molecule has 0 amide bonds. The monoisotopic (exact) mass is 139 g/mol. The van der Waals surface area contributed by atoms with Gasteiger partial charge in [0, 0.05) is 14.1 Å². The summed E-state index contributed by atoms with van der Waals surface area (Å²) < 4.78 is 0. The van der Waals surface area contributed by atoms with Crippen LogP contribution in [0.25, 0.3) is 0 Å². The van der Waals surface area contributed by atoms with Gasteiger partial charge in [-0.25, -0.2) is 0 Å². The van der Waals surface area contributed by atoms with Gasteiger partial charge in [-0.3, -0.25) is 0 Å². The second-order valence-electron chi connectivity index (χ2n) is 2.50. The minimum atomic E-state index is 1.11. The Bertz CT molecular complexity index is 132. The van der Waals surface area contributed by atoms with Gasteiger partial charge < -0.3 is 4.90 Å². The van der Waals surface area contributed by atoms with Gasteiger partial charge in [0.2, 0.25) is 0 Å². The molecule has 0 aromatic carbocycles. The third kappa shape index (κ3) is 4.19. The molecule has 0 aliphatic rings. The minimum absolute atomic E-state index is 1.11. The number of nitrogens with zero attached hydrogens (tertiary/aromatic N) is 1. The molecule has 0 N–H and O–H groups in total. The molecule has 0 unspecified atom stereocenters. The Balaban J connectivity index is 3.86. The first-order valence-corrected chi connectivity index (χ1v) is 3.70. The molecule has 10 heavy (non-hydrogen) atoms. The molecule has 0 heterocycles. The molecule has 0 spiro atoms. The van der Waals surface area contributed by atoms with E-state index in [0.717, 1.165) is 6.42 Å². The Kier molecular flexibility index (Phi) is 4.73. The molecule has 58 valence electrons. The van der Waals surface area contributed by atoms with Crippen LogP contribution in [0.4, 0.5) is 0 Å². The van der Waals surface area contributed by atoms with Gasteiger partial charge in [0.05, 0.1) is 0 Å². The maximum atomic E-state index is 2.16. The van der Waals surface area contributed by atoms with Gasteiger partial charge in [-0.1, -0.05) is 18.6 Å². The molecule has 0 aliphatic carbocycles. The highest BCUT2D eigenvalue weighted by molar-refractivity contribution is 5.16. The SMILES string of the molecule is C/C=C(\C=C/N(C)C)CC. The van der Waals surface area contributed by atoms with Gasteiger partial charge in [-0.15, -0.1) is 0 Å². The first-order chi connectivity index (χ1) is 4.70. The Morgan fingerprint density at radius 1 is 1.40 bits per heavy atom. The molecule has 0 atom stereocenters. The standard InChI is InChI=1S/C9H17N/c1-5-9(6-2)7-8-10(3)4/h5,7-8H,6H2,1-4H3/b8-7-,9-5-. The minimum Gasteiger partial charge on any atom is -0.383 e. The maximum Gasteiger partial charge on any atom is 0.00556 e. The predicted molar refractivity (Wildman–Crippen MR) is 46.9 cm³/mol. The van der Waals surface area contributed by atoms with Gasteiger partial charge in [0.1, 0.15) is 0 Å². The van der Waals surface area contributed by atoms with Crippen molar-refractivity contribution in [2.45, 2.75) is 20.3 Å². The fourth-order valence-electron chi connectivity index (χ4n) is 0.663. The van der Waals surface area contributed by atoms with Crippen molar-refractivity contribution in [1.29, 1.82) is 0 Å². The topological polar surface area (TPSA) is 3.24 Å². The fourth-order valence-corrected chi connectivity index (χ4v) is 0.663. The molecule has 0 saturated heterocycles. The summed E-state index contributed by atoms with van der Waals surface area (Å²) >= 11 is 0. The lowest BCUT2D eigenvalue weighted by Crippen LogP contribution is -1.99. The van der Waals surface area contributed by atoms with E-state index in [1.807, 2.05) is 19.0 Å². The molecule has 0 aromatic rings. The van der Waals surface area contributed by atoms with E-state index in [1.54, 1.807) is 0 Å². The van der Waals surface area contributed by atoms with E-state index in [9.17, 15) is 0 Å². The second kappa shape index (κ2) is 5.10. The summed E-state index contributed by atoms with van der Waals surface area (Å²) in [6.45, 7) is 4.23. The van der Waals surface area contributed by atoms with Crippen molar-refractivity contribution in [2.75, 3.05) is 14.1 Å². The largest absolute Gasteiger partial charge is 0.383 e. The van der Waals surface area contributed by atoms with Gasteiger partial charge in [-0.05, 0) is 25.6 Å². The van der Waals surface area contributed by atoms with Crippen molar-refractivity contribution >= 4 is 0 Å². The van der Waals surface area contributed by atoms with Gasteiger partial charge in [-0.2, -0.15) is 0 Å². The molecule has 0 fully saturated rings. The zero-order chi connectivity index (χ0) is 7.98. The lowest BCUT2D eigenvalue weighted by molar-refractivity contribution is 0.563. The summed E-state index contributed by atoms with van der Waals surface area (Å²) in [5.41, 5.74) is 1.38. The third-order valence-corrected chi connectivity index (χ3v) is 1.37. The molecule has 0 bridgehead atoms. The molecule has 0 aliphatic heterocycles. The quantitative estimate of drug-likeness (QED) is 0.543. The predicted octanol–water partition coefficient (Wildman–Crippen LogP) is 2.42. The molecular formula is C9H17N. The zero-order valence-electron chi connectivity index (χ0n) is 7.39. The first kappa shape index (κ1) is 9.28. The van der Waals surface area contributed by atoms with Crippen LogP contribution >= 0.6 is 0 Å². The summed E-state index contributed by atoms with van der Waals surface area (Å²) in [5, 5.41) is 0. The molecule has 0 saturated carbocycles. The maximum absolute atomic E-state index is 2.16. The van der Waals surface area contributed by atoms with Crippen LogP contribution in [0, 0.1) is 0 Å². The molecule has 0 aromatic heterocycles. The Morgan fingerprint density at radius 2 is 2.00 bits per heavy atom. The van der Waals surface area contributed by atoms with Crippen LogP contribution in [0.5, 0.6) is 0 Å². The van der Waals surface area contributed by atoms with Gasteiger partial charge in [0.25, 0.3) is 0 Å². The molecule has 0 rings (SSSR count). The summed E-state index contributed by atoms with van der Waals surface area (Å²) in [5.74, 6) is 0. The van der Waals surface area contributed by atoms with E-state index in [4.69, 9.17) is 0 Å². The van der Waals surface area contributed by atoms with E-state index in [2.05, 4.69) is 32.2 Å². The third-order valence-electron chi connectivity index (χ3n) is 1.37. The highest BCUT2D eigenvalue weighted by Gasteiger charge is 1.83. The normalized spacial score (nSPS) is 12.6. The number of rotatable bonds is 3. The zero-order valence-corrected chi connectivity index (χ0v) is 7.39. The van der Waals surface area contributed by atoms with E-state index < -0.39 is 0 Å². The van der Waals surface area contributed by atoms with Crippen LogP contribution in [0.15, 0.2) is 23.9 Å². The summed E-state index contributed by atoms with van der Waals surface area (Å²) in [4.78, 5) is 2.04. The fraction of sp³-hybridized carbons (Fsp3) is 0.556. The smallest absolute Gasteiger partial charge is 0.00556 e. The lowest BCUT2D eigenvalue weighted by Gasteiger charge is -2.03. The van der Waals surface area contributed by atoms with E-state index in [0.29, 0.717) is 0 Å². The van der Waals surface area contributed by atoms with Crippen LogP contribution in [-0.4, -0.2) is 19.0 Å². The van der Waals surface area contributed by atoms with Gasteiger partial charge in [0.15, 0.2) is 0 Å². The summed E-state index contributed by atoms with van der Waals surface area (Å²) in [7, 11) is 4.05. The number of hydrogen-bond donors (Lipinski definition) is 0. The van der Waals surface area contributed by atoms with Crippen LogP contribution in [0.2, 0.25) is 0 Å². The first-order valence-electron chi connectivity index (χ1n) is 3.70. The number of hydrogen-bond acceptors (Lipinski definition) is 1. The van der Waals surface area contributed by atoms with Crippen molar-refractivity contribution in [3.8, 4) is 0 Å². The Labute approximate surface area is 64.0 Å². The highest BCUT2D eigenvalue weighted by atomic mass is 15.0. The molecule has 1 nitrogen and oxygen atoms in total. The molecular weight excluding hydrogens is 122 g/mol. The van der Waals surface area contributed by atoms with Gasteiger partial charge >= 0.3 is 0 Å². The van der Waals surface area contributed by atoms with Crippen LogP contribution in [0.3, 0.4) is 0 Å². The Morgan fingerprint density at radius 3 is 2.30 bits per heavy atom. The second-order valence-corrected chi connectivity index (χ2v) is 2.50. The number of allylic oxidation sites excluding steroid dienone is 3. The van der Waals surface area contributed by atoms with Crippen LogP contribution in [-0.2, 0) is 0 Å². The van der Waals surface area contributed by atoms with Crippen LogP contribution in [0.1, 0.15) is 20.3 Å². The van der Waals surface area contributed by atoms with E-state index in [1.165, 1.54) is 5.57 Å². The van der Waals surface area contributed by atoms with Crippen molar-refractivity contribution in [2.24, 2.45) is 0 Å². The molecule has 1 heteroatoms. The van der Waals surface area contributed by atoms with Crippen molar-refractivity contribution in [1.82, 2.24) is 4.90 Å². The van der Waals surface area contributed by atoms with E-state index >= 15 is 0 Å². The van der Waals surface area contributed by atoms with E-state index in [-0.39, 0.29) is 0 Å². The van der Waals surface area contributed by atoms with Crippen LogP contribution < -0.4 is 0 Å². The average Bonchev–Trinajstić information content (AvgIpc) is 1.90. The Hall–Kier alpha value is -0.720. The molecule has 0 radical (unpaired) electrons. The van der Waals surface area contributed by atoms with Crippen molar-refractivity contribution in [3.05, 3.63) is 23.9 Å². The average molecular weight is 139 g/mol.